The molecule has 0 rings (SSSR count). The fraction of sp³-hybridized carbons (Fsp3) is 0.944. The first kappa shape index (κ1) is 58.4. The Bertz CT molecular complexity index is 931. The number of unbranched alkanes of at least 4 members (excludes halogenated alkanes) is 29. The molecule has 60 heavy (non-hydrogen) atoms. The highest BCUT2D eigenvalue weighted by Gasteiger charge is 2.19. The van der Waals surface area contributed by atoms with Crippen molar-refractivity contribution in [3.05, 3.63) is 0 Å². The van der Waals surface area contributed by atoms with Gasteiger partial charge in [0.15, 0.2) is 6.10 Å². The highest BCUT2D eigenvalue weighted by atomic mass is 16.6. The van der Waals surface area contributed by atoms with Gasteiger partial charge in [-0.2, -0.15) is 0 Å². The van der Waals surface area contributed by atoms with Gasteiger partial charge < -0.3 is 14.2 Å². The summed E-state index contributed by atoms with van der Waals surface area (Å²) in [7, 11) is 0. The molecule has 0 aliphatic carbocycles. The number of carbonyl (C=O) groups excluding carboxylic acids is 3. The van der Waals surface area contributed by atoms with Gasteiger partial charge in [-0.1, -0.05) is 253 Å². The second kappa shape index (κ2) is 45.4. The second-order valence-corrected chi connectivity index (χ2v) is 19.7. The van der Waals surface area contributed by atoms with Crippen LogP contribution in [0.1, 0.15) is 292 Å². The molecule has 0 aromatic rings. The van der Waals surface area contributed by atoms with Crippen molar-refractivity contribution in [1.82, 2.24) is 0 Å². The van der Waals surface area contributed by atoms with Gasteiger partial charge in [0.2, 0.25) is 0 Å². The molecule has 6 nitrogen and oxygen atoms in total. The van der Waals surface area contributed by atoms with Crippen molar-refractivity contribution in [2.45, 2.75) is 298 Å². The van der Waals surface area contributed by atoms with E-state index in [-0.39, 0.29) is 31.1 Å². The van der Waals surface area contributed by atoms with Crippen molar-refractivity contribution in [3.8, 4) is 0 Å². The lowest BCUT2D eigenvalue weighted by molar-refractivity contribution is -0.167. The highest BCUT2D eigenvalue weighted by Crippen LogP contribution is 2.18. The zero-order valence-electron chi connectivity index (χ0n) is 41.3. The molecule has 0 aromatic heterocycles. The number of rotatable bonds is 47. The van der Waals surface area contributed by atoms with Gasteiger partial charge in [0, 0.05) is 19.3 Å². The normalized spacial score (nSPS) is 12.6. The van der Waals surface area contributed by atoms with Gasteiger partial charge >= 0.3 is 17.9 Å². The lowest BCUT2D eigenvalue weighted by Gasteiger charge is -2.18. The Balaban J connectivity index is 4.28. The van der Waals surface area contributed by atoms with E-state index in [9.17, 15) is 14.4 Å². The van der Waals surface area contributed by atoms with Crippen LogP contribution in [-0.4, -0.2) is 37.2 Å². The van der Waals surface area contributed by atoms with Crippen LogP contribution >= 0.6 is 0 Å². The van der Waals surface area contributed by atoms with Crippen LogP contribution in [-0.2, 0) is 28.6 Å². The number of hydrogen-bond donors (Lipinski definition) is 0. The molecule has 0 aliphatic rings. The van der Waals surface area contributed by atoms with Crippen molar-refractivity contribution in [2.24, 2.45) is 17.8 Å². The van der Waals surface area contributed by atoms with Gasteiger partial charge in [0.1, 0.15) is 13.2 Å². The molecule has 0 amide bonds. The summed E-state index contributed by atoms with van der Waals surface area (Å²) in [4.78, 5) is 37.9. The van der Waals surface area contributed by atoms with Crippen LogP contribution in [0.15, 0.2) is 0 Å². The molecular weight excluding hydrogens is 745 g/mol. The lowest BCUT2D eigenvalue weighted by Crippen LogP contribution is -2.30. The van der Waals surface area contributed by atoms with Gasteiger partial charge in [-0.25, -0.2) is 0 Å². The molecular formula is C54H104O6. The largest absolute Gasteiger partial charge is 0.462 e. The molecule has 0 saturated heterocycles. The standard InChI is InChI=1S/C54H104O6/c1-7-50(6)42-36-30-24-19-21-26-32-38-44-53(56)59-47-51(46-58-52(55)43-37-31-25-20-18-23-29-35-41-49(4)5)60-54(57)45-39-33-27-17-15-13-11-9-8-10-12-14-16-22-28-34-40-48(2)3/h48-51H,7-47H2,1-6H3/t50?,51-/m0/s1. The van der Waals surface area contributed by atoms with Gasteiger partial charge in [-0.15, -0.1) is 0 Å². The second-order valence-electron chi connectivity index (χ2n) is 19.7. The molecule has 0 aliphatic heterocycles. The average molecular weight is 849 g/mol. The Morgan fingerprint density at radius 3 is 0.867 bits per heavy atom. The molecule has 0 saturated carbocycles. The minimum absolute atomic E-state index is 0.0652. The maximum absolute atomic E-state index is 12.8. The topological polar surface area (TPSA) is 78.9 Å². The summed E-state index contributed by atoms with van der Waals surface area (Å²) < 4.78 is 16.8. The quantitative estimate of drug-likeness (QED) is 0.0345. The smallest absolute Gasteiger partial charge is 0.306 e. The summed E-state index contributed by atoms with van der Waals surface area (Å²) in [5.41, 5.74) is 0. The third-order valence-electron chi connectivity index (χ3n) is 12.5. The fourth-order valence-electron chi connectivity index (χ4n) is 8.08. The highest BCUT2D eigenvalue weighted by molar-refractivity contribution is 5.71. The predicted molar refractivity (Wildman–Crippen MR) is 256 cm³/mol. The number of ether oxygens (including phenoxy) is 3. The fourth-order valence-corrected chi connectivity index (χ4v) is 8.08. The molecule has 0 radical (unpaired) electrons. The molecule has 0 bridgehead atoms. The van der Waals surface area contributed by atoms with Crippen LogP contribution < -0.4 is 0 Å². The summed E-state index contributed by atoms with van der Waals surface area (Å²) in [5.74, 6) is 1.64. The van der Waals surface area contributed by atoms with Crippen molar-refractivity contribution in [1.29, 1.82) is 0 Å². The Labute approximate surface area is 374 Å². The first-order chi connectivity index (χ1) is 29.1. The summed E-state index contributed by atoms with van der Waals surface area (Å²) in [6.45, 7) is 13.7. The van der Waals surface area contributed by atoms with E-state index < -0.39 is 6.10 Å². The van der Waals surface area contributed by atoms with Gasteiger partial charge in [0.05, 0.1) is 0 Å². The molecule has 2 atom stereocenters. The van der Waals surface area contributed by atoms with Gasteiger partial charge in [-0.05, 0) is 37.0 Å². The van der Waals surface area contributed by atoms with Crippen LogP contribution in [0.5, 0.6) is 0 Å². The van der Waals surface area contributed by atoms with E-state index in [0.29, 0.717) is 19.3 Å². The average Bonchev–Trinajstić information content (AvgIpc) is 3.22. The van der Waals surface area contributed by atoms with Crippen LogP contribution in [0.2, 0.25) is 0 Å². The zero-order chi connectivity index (χ0) is 44.2. The van der Waals surface area contributed by atoms with E-state index in [0.717, 1.165) is 75.5 Å². The minimum atomic E-state index is -0.763. The molecule has 6 heteroatoms. The van der Waals surface area contributed by atoms with Gasteiger partial charge in [0.25, 0.3) is 0 Å². The first-order valence-corrected chi connectivity index (χ1v) is 26.6. The van der Waals surface area contributed by atoms with Crippen molar-refractivity contribution >= 4 is 17.9 Å². The molecule has 0 spiro atoms. The van der Waals surface area contributed by atoms with Gasteiger partial charge in [-0.3, -0.25) is 14.4 Å². The SMILES string of the molecule is CCC(C)CCCCCCCCCCC(=O)OC[C@H](COC(=O)CCCCCCCCCCC(C)C)OC(=O)CCCCCCCCCCCCCCCCCCC(C)C. The third kappa shape index (κ3) is 45.9. The van der Waals surface area contributed by atoms with E-state index >= 15 is 0 Å². The van der Waals surface area contributed by atoms with E-state index in [4.69, 9.17) is 14.2 Å². The van der Waals surface area contributed by atoms with E-state index in [1.54, 1.807) is 0 Å². The Morgan fingerprint density at radius 1 is 0.333 bits per heavy atom. The first-order valence-electron chi connectivity index (χ1n) is 26.6. The number of esters is 3. The Kier molecular flexibility index (Phi) is 44.2. The summed E-state index contributed by atoms with van der Waals surface area (Å²) in [6, 6.07) is 0. The Morgan fingerprint density at radius 2 is 0.583 bits per heavy atom. The van der Waals surface area contributed by atoms with Crippen LogP contribution in [0.25, 0.3) is 0 Å². The molecule has 0 fully saturated rings. The summed E-state index contributed by atoms with van der Waals surface area (Å²) in [5, 5.41) is 0. The maximum atomic E-state index is 12.8. The number of carbonyl (C=O) groups is 3. The molecule has 356 valence electrons. The molecule has 0 heterocycles. The van der Waals surface area contributed by atoms with Crippen LogP contribution in [0.4, 0.5) is 0 Å². The van der Waals surface area contributed by atoms with Crippen LogP contribution in [0.3, 0.4) is 0 Å². The van der Waals surface area contributed by atoms with E-state index in [2.05, 4.69) is 41.5 Å². The van der Waals surface area contributed by atoms with E-state index in [1.165, 1.54) is 173 Å². The van der Waals surface area contributed by atoms with E-state index in [1.807, 2.05) is 0 Å². The minimum Gasteiger partial charge on any atom is -0.462 e. The molecule has 0 N–H and O–H groups in total. The summed E-state index contributed by atoms with van der Waals surface area (Å²) in [6.07, 6.45) is 45.2. The predicted octanol–water partition coefficient (Wildman–Crippen LogP) is 17.2. The Hall–Kier alpha value is -1.59. The van der Waals surface area contributed by atoms with Crippen molar-refractivity contribution in [2.75, 3.05) is 13.2 Å². The molecule has 1 unspecified atom stereocenters. The summed E-state index contributed by atoms with van der Waals surface area (Å²) >= 11 is 0. The maximum Gasteiger partial charge on any atom is 0.306 e. The third-order valence-corrected chi connectivity index (χ3v) is 12.5. The molecule has 0 aromatic carbocycles. The lowest BCUT2D eigenvalue weighted by atomic mass is 9.99. The van der Waals surface area contributed by atoms with Crippen molar-refractivity contribution in [3.63, 3.8) is 0 Å². The zero-order valence-corrected chi connectivity index (χ0v) is 41.3. The number of hydrogen-bond acceptors (Lipinski definition) is 6. The monoisotopic (exact) mass is 849 g/mol. The van der Waals surface area contributed by atoms with Crippen LogP contribution in [0, 0.1) is 17.8 Å². The van der Waals surface area contributed by atoms with Crippen molar-refractivity contribution < 1.29 is 28.6 Å².